The number of halogens is 2. The molecule has 3 amide bonds. The van der Waals surface area contributed by atoms with Gasteiger partial charge in [0.1, 0.15) is 10.6 Å². The molecule has 2 heterocycles. The Kier molecular flexibility index (Phi) is 6.04. The monoisotopic (exact) mass is 485 g/mol. The molecule has 3 rings (SSSR count). The number of aromatic nitrogens is 2. The van der Waals surface area contributed by atoms with Gasteiger partial charge in [-0.3, -0.25) is 14.5 Å². The zero-order chi connectivity index (χ0) is 21.3. The van der Waals surface area contributed by atoms with E-state index in [4.69, 9.17) is 27.8 Å². The van der Waals surface area contributed by atoms with Gasteiger partial charge in [0.15, 0.2) is 5.54 Å². The maximum Gasteiger partial charge on any atom is 0.410 e. The Bertz CT molecular complexity index is 981. The average Bonchev–Trinajstić information content (AvgIpc) is 3.22. The van der Waals surface area contributed by atoms with Gasteiger partial charge in [0, 0.05) is 16.8 Å². The van der Waals surface area contributed by atoms with Gasteiger partial charge in [-0.2, -0.15) is 5.10 Å². The topological polar surface area (TPSA) is 134 Å². The molecule has 0 aliphatic carbocycles. The minimum atomic E-state index is -1.48. The van der Waals surface area contributed by atoms with Crippen molar-refractivity contribution in [3.8, 4) is 0 Å². The Morgan fingerprint density at radius 3 is 2.72 bits per heavy atom. The number of benzene rings is 1. The quantitative estimate of drug-likeness (QED) is 0.603. The van der Waals surface area contributed by atoms with Crippen molar-refractivity contribution in [2.24, 2.45) is 11.5 Å². The van der Waals surface area contributed by atoms with Crippen molar-refractivity contribution in [2.75, 3.05) is 13.2 Å². The Morgan fingerprint density at radius 1 is 1.38 bits per heavy atom. The van der Waals surface area contributed by atoms with Crippen LogP contribution in [0.4, 0.5) is 4.79 Å². The highest BCUT2D eigenvalue weighted by Crippen LogP contribution is 2.39. The largest absolute Gasteiger partial charge is 0.449 e. The lowest BCUT2D eigenvalue weighted by Crippen LogP contribution is -2.49. The van der Waals surface area contributed by atoms with E-state index in [0.717, 1.165) is 11.3 Å². The van der Waals surface area contributed by atoms with E-state index in [-0.39, 0.29) is 19.6 Å². The van der Waals surface area contributed by atoms with Crippen LogP contribution in [-0.4, -0.2) is 51.8 Å². The van der Waals surface area contributed by atoms with E-state index in [9.17, 15) is 14.4 Å². The number of carbonyl (C=O) groups is 3. The minimum Gasteiger partial charge on any atom is -0.449 e. The number of nitrogens with two attached hydrogens (primary N) is 2. The molecule has 9 nitrogen and oxygen atoms in total. The normalized spacial score (nSPS) is 21.5. The third-order valence-corrected chi connectivity index (χ3v) is 6.06. The first-order valence-corrected chi connectivity index (χ1v) is 10.2. The van der Waals surface area contributed by atoms with E-state index in [0.29, 0.717) is 26.9 Å². The summed E-state index contributed by atoms with van der Waals surface area (Å²) in [5, 5.41) is 5.63. The number of hydrogen-bond acceptors (Lipinski definition) is 5. The first-order chi connectivity index (χ1) is 13.7. The second kappa shape index (κ2) is 8.19. The van der Waals surface area contributed by atoms with Gasteiger partial charge in [0.2, 0.25) is 11.8 Å². The number of nitrogens with zero attached hydrogens (tertiary/aromatic N) is 3. The number of fused-ring (bicyclic) bond motifs is 1. The second-order valence-corrected chi connectivity index (χ2v) is 8.17. The number of rotatable bonds is 6. The molecule has 1 aliphatic rings. The summed E-state index contributed by atoms with van der Waals surface area (Å²) < 4.78 is 7.08. The van der Waals surface area contributed by atoms with Crippen LogP contribution >= 0.6 is 27.5 Å². The zero-order valence-electron chi connectivity index (χ0n) is 15.7. The molecule has 2 aromatic rings. The molecule has 0 unspecified atom stereocenters. The number of likely N-dealkylation sites (tertiary alicyclic amines) is 1. The van der Waals surface area contributed by atoms with Crippen LogP contribution in [0, 0.1) is 0 Å². The van der Waals surface area contributed by atoms with Crippen molar-refractivity contribution in [1.82, 2.24) is 14.7 Å². The van der Waals surface area contributed by atoms with Crippen LogP contribution in [0.25, 0.3) is 10.9 Å². The van der Waals surface area contributed by atoms with E-state index in [1.807, 2.05) is 6.92 Å². The molecule has 1 aliphatic heterocycles. The van der Waals surface area contributed by atoms with Gasteiger partial charge in [-0.1, -0.05) is 24.9 Å². The maximum absolute atomic E-state index is 12.6. The number of carbonyl (C=O) groups excluding carboxylic acids is 3. The molecule has 0 bridgehead atoms. The number of unbranched alkanes of at least 4 members (excludes halogenated alkanes) is 1. The molecule has 1 fully saturated rings. The highest BCUT2D eigenvalue weighted by atomic mass is 79.9. The molecule has 29 heavy (non-hydrogen) atoms. The first-order valence-electron chi connectivity index (χ1n) is 9.08. The summed E-state index contributed by atoms with van der Waals surface area (Å²) in [5.74, 6) is -1.50. The molecule has 1 aromatic heterocycles. The molecule has 0 saturated carbocycles. The van der Waals surface area contributed by atoms with E-state index < -0.39 is 29.5 Å². The smallest absolute Gasteiger partial charge is 0.410 e. The lowest BCUT2D eigenvalue weighted by atomic mass is 9.95. The van der Waals surface area contributed by atoms with Crippen molar-refractivity contribution in [1.29, 1.82) is 0 Å². The third-order valence-electron chi connectivity index (χ3n) is 5.06. The number of amides is 3. The fourth-order valence-corrected chi connectivity index (χ4v) is 4.37. The molecule has 4 N–H and O–H groups in total. The lowest BCUT2D eigenvalue weighted by molar-refractivity contribution is -0.126. The fourth-order valence-electron chi connectivity index (χ4n) is 3.47. The van der Waals surface area contributed by atoms with Crippen molar-refractivity contribution in [2.45, 2.75) is 37.8 Å². The molecule has 0 spiro atoms. The van der Waals surface area contributed by atoms with Crippen LogP contribution < -0.4 is 11.5 Å². The predicted molar refractivity (Wildman–Crippen MR) is 110 cm³/mol. The standard InChI is InChI=1S/C18H21BrClN5O4/c1-2-3-6-29-17(28)24-9-18(16(22)27,8-13(24)15(21)26)25-14(19)11-7-10(20)4-5-12(11)23-25/h4-5,7,13H,2-3,6,8-9H2,1H3,(H2,21,26)(H2,22,27)/t13-,18+/m0/s1. The van der Waals surface area contributed by atoms with Gasteiger partial charge in [-0.25, -0.2) is 9.48 Å². The van der Waals surface area contributed by atoms with Crippen LogP contribution in [0.1, 0.15) is 26.2 Å². The number of ether oxygens (including phenoxy) is 1. The van der Waals surface area contributed by atoms with Gasteiger partial charge in [0.05, 0.1) is 18.7 Å². The maximum atomic E-state index is 12.6. The molecule has 11 heteroatoms. The van der Waals surface area contributed by atoms with Crippen LogP contribution in [0.2, 0.25) is 5.02 Å². The third kappa shape index (κ3) is 3.78. The molecule has 1 aromatic carbocycles. The van der Waals surface area contributed by atoms with Gasteiger partial charge in [-0.05, 0) is 40.5 Å². The SMILES string of the molecule is CCCCOC(=O)N1C[C@](C(N)=O)(n2nc3ccc(Cl)cc3c2Br)C[C@H]1C(N)=O. The Balaban J connectivity index is 2.05. The lowest BCUT2D eigenvalue weighted by Gasteiger charge is -2.27. The predicted octanol–water partition coefficient (Wildman–Crippen LogP) is 2.13. The van der Waals surface area contributed by atoms with E-state index >= 15 is 0 Å². The molecular weight excluding hydrogens is 466 g/mol. The first kappa shape index (κ1) is 21.4. The molecule has 1 saturated heterocycles. The van der Waals surface area contributed by atoms with Gasteiger partial charge >= 0.3 is 6.09 Å². The molecule has 156 valence electrons. The van der Waals surface area contributed by atoms with Crippen LogP contribution in [0.15, 0.2) is 22.8 Å². The Hall–Kier alpha value is -2.33. The number of primary amides is 2. The summed E-state index contributed by atoms with van der Waals surface area (Å²) >= 11 is 9.51. The second-order valence-electron chi connectivity index (χ2n) is 6.98. The zero-order valence-corrected chi connectivity index (χ0v) is 18.1. The summed E-state index contributed by atoms with van der Waals surface area (Å²) in [7, 11) is 0. The summed E-state index contributed by atoms with van der Waals surface area (Å²) in [6, 6.07) is 4.00. The van der Waals surface area contributed by atoms with Gasteiger partial charge in [-0.15, -0.1) is 0 Å². The summed E-state index contributed by atoms with van der Waals surface area (Å²) in [5.41, 5.74) is 10.4. The van der Waals surface area contributed by atoms with E-state index in [1.54, 1.807) is 18.2 Å². The van der Waals surface area contributed by atoms with Crippen LogP contribution in [-0.2, 0) is 19.9 Å². The van der Waals surface area contributed by atoms with Gasteiger partial charge < -0.3 is 16.2 Å². The molecule has 0 radical (unpaired) electrons. The summed E-state index contributed by atoms with van der Waals surface area (Å²) in [6.45, 7) is 1.97. The van der Waals surface area contributed by atoms with Gasteiger partial charge in [0.25, 0.3) is 0 Å². The summed E-state index contributed by atoms with van der Waals surface area (Å²) in [6.07, 6.45) is 0.688. The fraction of sp³-hybridized carbons (Fsp3) is 0.444. The van der Waals surface area contributed by atoms with Crippen molar-refractivity contribution < 1.29 is 19.1 Å². The van der Waals surface area contributed by atoms with E-state index in [1.165, 1.54) is 4.68 Å². The number of hydrogen-bond donors (Lipinski definition) is 2. The molecular formula is C18H21BrClN5O4. The minimum absolute atomic E-state index is 0.110. The van der Waals surface area contributed by atoms with Crippen molar-refractivity contribution >= 4 is 56.3 Å². The highest BCUT2D eigenvalue weighted by molar-refractivity contribution is 9.10. The van der Waals surface area contributed by atoms with Crippen molar-refractivity contribution in [3.63, 3.8) is 0 Å². The molecule has 2 atom stereocenters. The van der Waals surface area contributed by atoms with Crippen LogP contribution in [0.5, 0.6) is 0 Å². The van der Waals surface area contributed by atoms with Crippen LogP contribution in [0.3, 0.4) is 0 Å². The van der Waals surface area contributed by atoms with Crippen molar-refractivity contribution in [3.05, 3.63) is 27.8 Å². The average molecular weight is 487 g/mol. The Labute approximate surface area is 180 Å². The van der Waals surface area contributed by atoms with E-state index in [2.05, 4.69) is 21.0 Å². The Morgan fingerprint density at radius 2 is 2.10 bits per heavy atom. The highest BCUT2D eigenvalue weighted by Gasteiger charge is 2.55. The summed E-state index contributed by atoms with van der Waals surface area (Å²) in [4.78, 5) is 38.4.